The van der Waals surface area contributed by atoms with Crippen molar-refractivity contribution in [1.29, 1.82) is 0 Å². The summed E-state index contributed by atoms with van der Waals surface area (Å²) in [6.07, 6.45) is 0. The highest BCUT2D eigenvalue weighted by Gasteiger charge is 2.22. The summed E-state index contributed by atoms with van der Waals surface area (Å²) in [6.45, 7) is 8.03. The van der Waals surface area contributed by atoms with E-state index in [-0.39, 0.29) is 4.75 Å². The van der Waals surface area contributed by atoms with Crippen molar-refractivity contribution in [2.45, 2.75) is 32.4 Å². The van der Waals surface area contributed by atoms with E-state index in [0.29, 0.717) is 5.75 Å². The largest absolute Gasteiger partial charge is 0.507 e. The molecule has 0 aliphatic rings. The number of rotatable bonds is 1. The molecule has 13 heavy (non-hydrogen) atoms. The molecule has 0 heterocycles. The predicted octanol–water partition coefficient (Wildman–Crippen LogP) is 2.26. The minimum Gasteiger partial charge on any atom is -0.507 e. The first-order valence-corrected chi connectivity index (χ1v) is 4.88. The van der Waals surface area contributed by atoms with Gasteiger partial charge < -0.3 is 5.11 Å². The molecule has 0 saturated carbocycles. The summed E-state index contributed by atoms with van der Waals surface area (Å²) in [7, 11) is 0. The van der Waals surface area contributed by atoms with Crippen LogP contribution in [0.25, 0.3) is 0 Å². The standard InChI is InChI=1S/C11H16OS/c1-7-5-9(11(3,4)13)6-8(2)10(7)12/h5-6,12-13H,1-4H3/p+1. The summed E-state index contributed by atoms with van der Waals surface area (Å²) in [5.41, 5.74) is 3.06. The Morgan fingerprint density at radius 1 is 1.15 bits per heavy atom. The molecule has 72 valence electrons. The fourth-order valence-corrected chi connectivity index (χ4v) is 1.46. The maximum absolute atomic E-state index is 9.58. The molecule has 1 N–H and O–H groups in total. The monoisotopic (exact) mass is 197 g/mol. The fraction of sp³-hybridized carbons (Fsp3) is 0.455. The summed E-state index contributed by atoms with van der Waals surface area (Å²) in [4.78, 5) is 0. The number of aryl methyl sites for hydroxylation is 2. The van der Waals surface area contributed by atoms with Gasteiger partial charge in [-0.3, -0.25) is 0 Å². The first-order valence-electron chi connectivity index (χ1n) is 4.38. The number of hydrogen-bond acceptors (Lipinski definition) is 1. The SMILES string of the molecule is Cc1cc(C(C)(C)[SH2+])cc(C)c1O. The lowest BCUT2D eigenvalue weighted by Crippen LogP contribution is -2.12. The molecule has 0 atom stereocenters. The number of phenols is 1. The van der Waals surface area contributed by atoms with Crippen LogP contribution in [0.1, 0.15) is 30.5 Å². The molecule has 1 aromatic carbocycles. The third-order valence-electron chi connectivity index (χ3n) is 2.21. The lowest BCUT2D eigenvalue weighted by atomic mass is 9.97. The third-order valence-corrected chi connectivity index (χ3v) is 2.50. The maximum Gasteiger partial charge on any atom is 0.143 e. The van der Waals surface area contributed by atoms with Crippen LogP contribution >= 0.6 is 0 Å². The highest BCUT2D eigenvalue weighted by Crippen LogP contribution is 2.29. The van der Waals surface area contributed by atoms with Crippen molar-refractivity contribution in [3.05, 3.63) is 28.8 Å². The van der Waals surface area contributed by atoms with Gasteiger partial charge in [-0.1, -0.05) is 0 Å². The van der Waals surface area contributed by atoms with E-state index in [1.807, 2.05) is 26.0 Å². The molecule has 1 rings (SSSR count). The van der Waals surface area contributed by atoms with Gasteiger partial charge in [-0.25, -0.2) is 0 Å². The number of phenolic OH excluding ortho intramolecular Hbond substituents is 1. The van der Waals surface area contributed by atoms with Gasteiger partial charge in [0, 0.05) is 5.56 Å². The minimum absolute atomic E-state index is 0.0385. The molecule has 0 saturated heterocycles. The molecule has 1 aromatic rings. The smallest absolute Gasteiger partial charge is 0.143 e. The lowest BCUT2D eigenvalue weighted by molar-refractivity contribution is 0.466. The van der Waals surface area contributed by atoms with E-state index in [1.54, 1.807) is 0 Å². The second-order valence-electron chi connectivity index (χ2n) is 4.08. The van der Waals surface area contributed by atoms with E-state index in [4.69, 9.17) is 0 Å². The molecule has 0 fully saturated rings. The first-order chi connectivity index (χ1) is 5.82. The van der Waals surface area contributed by atoms with E-state index in [0.717, 1.165) is 11.1 Å². The van der Waals surface area contributed by atoms with Crippen LogP contribution < -0.4 is 0 Å². The Labute approximate surface area is 85.2 Å². The quantitative estimate of drug-likeness (QED) is 0.685. The van der Waals surface area contributed by atoms with Gasteiger partial charge >= 0.3 is 0 Å². The molecule has 0 aliphatic carbocycles. The van der Waals surface area contributed by atoms with E-state index in [2.05, 4.69) is 26.5 Å². The van der Waals surface area contributed by atoms with Crippen molar-refractivity contribution in [2.24, 2.45) is 0 Å². The average molecular weight is 197 g/mol. The van der Waals surface area contributed by atoms with Crippen LogP contribution in [-0.4, -0.2) is 5.11 Å². The molecule has 0 aliphatic heterocycles. The Kier molecular flexibility index (Phi) is 2.62. The van der Waals surface area contributed by atoms with Gasteiger partial charge in [0.15, 0.2) is 0 Å². The van der Waals surface area contributed by atoms with E-state index in [9.17, 15) is 5.11 Å². The molecule has 0 unspecified atom stereocenters. The van der Waals surface area contributed by atoms with Gasteiger partial charge in [-0.15, -0.1) is 0 Å². The summed E-state index contributed by atoms with van der Waals surface area (Å²) in [5.74, 6) is 0.402. The molecule has 1 nitrogen and oxygen atoms in total. The second kappa shape index (κ2) is 3.26. The van der Waals surface area contributed by atoms with Crippen LogP contribution in [0.3, 0.4) is 0 Å². The topological polar surface area (TPSA) is 20.2 Å². The molecular formula is C11H17OS+. The summed E-state index contributed by atoms with van der Waals surface area (Å²) in [5, 5.41) is 9.58. The van der Waals surface area contributed by atoms with Crippen LogP contribution in [0.5, 0.6) is 5.75 Å². The van der Waals surface area contributed by atoms with Crippen LogP contribution in [0.2, 0.25) is 0 Å². The highest BCUT2D eigenvalue weighted by molar-refractivity contribution is 7.59. The average Bonchev–Trinajstić information content (AvgIpc) is 1.97. The van der Waals surface area contributed by atoms with Gasteiger partial charge in [0.2, 0.25) is 0 Å². The van der Waals surface area contributed by atoms with Crippen molar-refractivity contribution in [3.63, 3.8) is 0 Å². The Morgan fingerprint density at radius 2 is 1.54 bits per heavy atom. The third kappa shape index (κ3) is 2.19. The van der Waals surface area contributed by atoms with E-state index >= 15 is 0 Å². The molecule has 0 spiro atoms. The Balaban J connectivity index is 3.29. The summed E-state index contributed by atoms with van der Waals surface area (Å²) in [6, 6.07) is 4.02. The zero-order chi connectivity index (χ0) is 10.2. The van der Waals surface area contributed by atoms with Crippen LogP contribution in [-0.2, 0) is 17.4 Å². The normalized spacial score (nSPS) is 11.8. The van der Waals surface area contributed by atoms with Crippen molar-refractivity contribution < 1.29 is 5.11 Å². The molecular weight excluding hydrogens is 180 g/mol. The molecule has 0 amide bonds. The Morgan fingerprint density at radius 3 is 1.85 bits per heavy atom. The van der Waals surface area contributed by atoms with Gasteiger partial charge in [0.25, 0.3) is 0 Å². The molecule has 0 bridgehead atoms. The minimum atomic E-state index is -0.0385. The summed E-state index contributed by atoms with van der Waals surface area (Å²) >= 11 is 3.65. The van der Waals surface area contributed by atoms with Crippen molar-refractivity contribution in [3.8, 4) is 5.75 Å². The molecule has 0 radical (unpaired) electrons. The van der Waals surface area contributed by atoms with Gasteiger partial charge in [0.1, 0.15) is 10.5 Å². The number of benzene rings is 1. The lowest BCUT2D eigenvalue weighted by Gasteiger charge is -2.14. The first kappa shape index (κ1) is 10.5. The van der Waals surface area contributed by atoms with E-state index < -0.39 is 0 Å². The van der Waals surface area contributed by atoms with Crippen LogP contribution in [0.4, 0.5) is 0 Å². The summed E-state index contributed by atoms with van der Waals surface area (Å²) < 4.78 is -0.0385. The van der Waals surface area contributed by atoms with Crippen molar-refractivity contribution in [1.82, 2.24) is 0 Å². The van der Waals surface area contributed by atoms with Gasteiger partial charge in [-0.05, 0) is 63.6 Å². The zero-order valence-corrected chi connectivity index (χ0v) is 9.60. The van der Waals surface area contributed by atoms with Gasteiger partial charge in [-0.2, -0.15) is 0 Å². The van der Waals surface area contributed by atoms with E-state index in [1.165, 1.54) is 5.56 Å². The Hall–Kier alpha value is -0.630. The maximum atomic E-state index is 9.58. The van der Waals surface area contributed by atoms with Crippen molar-refractivity contribution >= 4 is 12.6 Å². The highest BCUT2D eigenvalue weighted by atomic mass is 32.1. The fourth-order valence-electron chi connectivity index (χ4n) is 1.32. The number of hydrogen-bond donors (Lipinski definition) is 1. The van der Waals surface area contributed by atoms with Gasteiger partial charge in [0.05, 0.1) is 0 Å². The molecule has 2 heteroatoms. The van der Waals surface area contributed by atoms with Crippen molar-refractivity contribution in [2.75, 3.05) is 0 Å². The molecule has 0 aromatic heterocycles. The van der Waals surface area contributed by atoms with Crippen LogP contribution in [0, 0.1) is 13.8 Å². The Bertz CT molecular complexity index is 300. The predicted molar refractivity (Wildman–Crippen MR) is 60.8 cm³/mol. The van der Waals surface area contributed by atoms with Crippen LogP contribution in [0.15, 0.2) is 12.1 Å². The number of aromatic hydroxyl groups is 1. The second-order valence-corrected chi connectivity index (χ2v) is 5.33. The zero-order valence-electron chi connectivity index (χ0n) is 8.60.